The largest absolute Gasteiger partial charge is 0.245 e. The van der Waals surface area contributed by atoms with Gasteiger partial charge < -0.3 is 0 Å². The quantitative estimate of drug-likeness (QED) is 0.763. The van der Waals surface area contributed by atoms with Crippen molar-refractivity contribution in [1.82, 2.24) is 4.98 Å². The zero-order valence-corrected chi connectivity index (χ0v) is 10.5. The van der Waals surface area contributed by atoms with Crippen molar-refractivity contribution in [1.29, 1.82) is 0 Å². The Balaban J connectivity index is 2.23. The third-order valence-corrected chi connectivity index (χ3v) is 3.57. The maximum atomic E-state index is 13.6. The smallest absolute Gasteiger partial charge is 0.145 e. The third-order valence-electron chi connectivity index (χ3n) is 2.11. The van der Waals surface area contributed by atoms with E-state index in [0.717, 1.165) is 10.7 Å². The average Bonchev–Trinajstić information content (AvgIpc) is 2.73. The second kappa shape index (κ2) is 5.13. The van der Waals surface area contributed by atoms with Crippen molar-refractivity contribution in [2.75, 3.05) is 0 Å². The molecular weight excluding hydrogens is 268 g/mol. The van der Waals surface area contributed by atoms with Crippen LogP contribution in [0.1, 0.15) is 16.3 Å². The highest BCUT2D eigenvalue weighted by Crippen LogP contribution is 2.22. The van der Waals surface area contributed by atoms with E-state index >= 15 is 0 Å². The van der Waals surface area contributed by atoms with Crippen molar-refractivity contribution in [3.05, 3.63) is 50.7 Å². The summed E-state index contributed by atoms with van der Waals surface area (Å²) in [5, 5.41) is 2.87. The van der Waals surface area contributed by atoms with Gasteiger partial charge in [0.25, 0.3) is 0 Å². The Morgan fingerprint density at radius 2 is 2.19 bits per heavy atom. The van der Waals surface area contributed by atoms with Crippen LogP contribution in [0.3, 0.4) is 0 Å². The maximum absolute atomic E-state index is 13.6. The predicted octanol–water partition coefficient (Wildman–Crippen LogP) is 4.27. The zero-order valence-electron chi connectivity index (χ0n) is 8.21. The van der Waals surface area contributed by atoms with Gasteiger partial charge in [0, 0.05) is 11.8 Å². The predicted molar refractivity (Wildman–Crippen MR) is 65.9 cm³/mol. The molecule has 0 aliphatic rings. The summed E-state index contributed by atoms with van der Waals surface area (Å²) in [6.45, 7) is 0. The van der Waals surface area contributed by atoms with Gasteiger partial charge in [-0.1, -0.05) is 23.7 Å². The lowest BCUT2D eigenvalue weighted by Crippen LogP contribution is -1.93. The Morgan fingerprint density at radius 1 is 1.38 bits per heavy atom. The van der Waals surface area contributed by atoms with Crippen LogP contribution in [0.2, 0.25) is 5.02 Å². The van der Waals surface area contributed by atoms with Crippen molar-refractivity contribution in [3.63, 3.8) is 0 Å². The minimum absolute atomic E-state index is 0.145. The Bertz CT molecular complexity index is 498. The molecule has 0 N–H and O–H groups in total. The van der Waals surface area contributed by atoms with E-state index in [-0.39, 0.29) is 10.8 Å². The van der Waals surface area contributed by atoms with Crippen molar-refractivity contribution < 1.29 is 4.39 Å². The first-order chi connectivity index (χ1) is 7.70. The molecule has 0 unspecified atom stereocenters. The number of alkyl halides is 1. The minimum Gasteiger partial charge on any atom is -0.245 e. The molecule has 0 aliphatic carbocycles. The molecule has 0 amide bonds. The first kappa shape index (κ1) is 11.8. The molecule has 1 nitrogen and oxygen atoms in total. The summed E-state index contributed by atoms with van der Waals surface area (Å²) in [5.74, 6) is 0.0147. The van der Waals surface area contributed by atoms with Crippen molar-refractivity contribution in [2.24, 2.45) is 0 Å². The van der Waals surface area contributed by atoms with Gasteiger partial charge in [0.15, 0.2) is 0 Å². The number of aromatic nitrogens is 1. The summed E-state index contributed by atoms with van der Waals surface area (Å²) >= 11 is 12.8. The Kier molecular flexibility index (Phi) is 3.79. The molecule has 0 spiro atoms. The second-order valence-electron chi connectivity index (χ2n) is 3.26. The summed E-state index contributed by atoms with van der Waals surface area (Å²) in [5.41, 5.74) is 1.38. The molecule has 1 aromatic carbocycles. The number of hydrogen-bond donors (Lipinski definition) is 0. The van der Waals surface area contributed by atoms with Crippen LogP contribution in [0.15, 0.2) is 23.6 Å². The Labute approximate surface area is 107 Å². The molecule has 0 fully saturated rings. The van der Waals surface area contributed by atoms with E-state index in [2.05, 4.69) is 4.98 Å². The average molecular weight is 276 g/mol. The molecule has 1 aromatic heterocycles. The van der Waals surface area contributed by atoms with Gasteiger partial charge in [-0.05, 0) is 11.6 Å². The molecule has 0 atom stereocenters. The standard InChI is InChI=1S/C11H8Cl2FNS/c12-5-8-6-16-10(15-8)4-7-2-1-3-9(13)11(7)14/h1-3,6H,4-5H2. The lowest BCUT2D eigenvalue weighted by molar-refractivity contribution is 0.614. The number of nitrogens with zero attached hydrogens (tertiary/aromatic N) is 1. The third kappa shape index (κ3) is 2.54. The summed E-state index contributed by atoms with van der Waals surface area (Å²) in [7, 11) is 0. The van der Waals surface area contributed by atoms with E-state index < -0.39 is 0 Å². The van der Waals surface area contributed by atoms with Crippen LogP contribution in [0.25, 0.3) is 0 Å². The highest BCUT2D eigenvalue weighted by Gasteiger charge is 2.09. The van der Waals surface area contributed by atoms with Crippen LogP contribution in [0.4, 0.5) is 4.39 Å². The molecule has 2 aromatic rings. The van der Waals surface area contributed by atoms with Gasteiger partial charge in [0.05, 0.1) is 21.6 Å². The van der Waals surface area contributed by atoms with E-state index in [1.807, 2.05) is 5.38 Å². The fourth-order valence-corrected chi connectivity index (χ4v) is 2.58. The fourth-order valence-electron chi connectivity index (χ4n) is 1.34. The summed E-state index contributed by atoms with van der Waals surface area (Å²) in [6.07, 6.45) is 0.452. The van der Waals surface area contributed by atoms with Crippen LogP contribution >= 0.6 is 34.5 Å². The van der Waals surface area contributed by atoms with Crippen LogP contribution in [-0.2, 0) is 12.3 Å². The van der Waals surface area contributed by atoms with E-state index in [4.69, 9.17) is 23.2 Å². The lowest BCUT2D eigenvalue weighted by atomic mass is 10.1. The van der Waals surface area contributed by atoms with Gasteiger partial charge in [-0.15, -0.1) is 22.9 Å². The summed E-state index contributed by atoms with van der Waals surface area (Å²) in [6, 6.07) is 4.98. The molecular formula is C11H8Cl2FNS. The molecule has 84 valence electrons. The molecule has 5 heteroatoms. The van der Waals surface area contributed by atoms with Gasteiger partial charge in [0.2, 0.25) is 0 Å². The van der Waals surface area contributed by atoms with Crippen molar-refractivity contribution in [2.45, 2.75) is 12.3 Å². The number of benzene rings is 1. The molecule has 2 rings (SSSR count). The van der Waals surface area contributed by atoms with Crippen LogP contribution in [0, 0.1) is 5.82 Å². The Morgan fingerprint density at radius 3 is 2.88 bits per heavy atom. The fraction of sp³-hybridized carbons (Fsp3) is 0.182. The van der Waals surface area contributed by atoms with E-state index in [1.165, 1.54) is 17.4 Å². The van der Waals surface area contributed by atoms with Crippen LogP contribution in [-0.4, -0.2) is 4.98 Å². The first-order valence-corrected chi connectivity index (χ1v) is 6.42. The molecule has 0 saturated heterocycles. The summed E-state index contributed by atoms with van der Waals surface area (Å²) < 4.78 is 13.6. The normalized spacial score (nSPS) is 10.7. The monoisotopic (exact) mass is 275 g/mol. The van der Waals surface area contributed by atoms with Gasteiger partial charge in [-0.2, -0.15) is 0 Å². The maximum Gasteiger partial charge on any atom is 0.145 e. The van der Waals surface area contributed by atoms with Crippen molar-refractivity contribution >= 4 is 34.5 Å². The van der Waals surface area contributed by atoms with Gasteiger partial charge in [0.1, 0.15) is 5.82 Å². The van der Waals surface area contributed by atoms with Crippen LogP contribution in [0.5, 0.6) is 0 Å². The molecule has 0 aliphatic heterocycles. The van der Waals surface area contributed by atoms with Gasteiger partial charge in [-0.25, -0.2) is 9.37 Å². The SMILES string of the molecule is Fc1c(Cl)cccc1Cc1nc(CCl)cs1. The van der Waals surface area contributed by atoms with Gasteiger partial charge in [-0.3, -0.25) is 0 Å². The van der Waals surface area contributed by atoms with E-state index in [9.17, 15) is 4.39 Å². The lowest BCUT2D eigenvalue weighted by Gasteiger charge is -2.01. The first-order valence-electron chi connectivity index (χ1n) is 4.63. The van der Waals surface area contributed by atoms with Crippen LogP contribution < -0.4 is 0 Å². The van der Waals surface area contributed by atoms with Crippen molar-refractivity contribution in [3.8, 4) is 0 Å². The topological polar surface area (TPSA) is 12.9 Å². The number of halogens is 3. The number of thiazole rings is 1. The Hall–Kier alpha value is -0.640. The second-order valence-corrected chi connectivity index (χ2v) is 4.87. The number of hydrogen-bond acceptors (Lipinski definition) is 2. The summed E-state index contributed by atoms with van der Waals surface area (Å²) in [4.78, 5) is 4.27. The minimum atomic E-state index is -0.369. The van der Waals surface area contributed by atoms with E-state index in [1.54, 1.807) is 12.1 Å². The zero-order chi connectivity index (χ0) is 11.5. The molecule has 0 saturated carbocycles. The molecule has 1 heterocycles. The number of rotatable bonds is 3. The molecule has 0 bridgehead atoms. The molecule has 16 heavy (non-hydrogen) atoms. The highest BCUT2D eigenvalue weighted by atomic mass is 35.5. The molecule has 0 radical (unpaired) electrons. The van der Waals surface area contributed by atoms with Gasteiger partial charge >= 0.3 is 0 Å². The van der Waals surface area contributed by atoms with E-state index in [0.29, 0.717) is 17.9 Å². The highest BCUT2D eigenvalue weighted by molar-refractivity contribution is 7.09.